The molecule has 2 rings (SSSR count). The number of hydrogen-bond donors (Lipinski definition) is 2. The molecule has 3 atom stereocenters. The van der Waals surface area contributed by atoms with Gasteiger partial charge in [0, 0.05) is 18.3 Å². The molecule has 96 valence electrons. The van der Waals surface area contributed by atoms with Crippen LogP contribution in [-0.4, -0.2) is 24.8 Å². The first-order valence-corrected chi connectivity index (χ1v) is 5.98. The molecule has 0 radical (unpaired) electrons. The molecule has 1 aliphatic carbocycles. The predicted molar refractivity (Wildman–Crippen MR) is 66.5 cm³/mol. The van der Waals surface area contributed by atoms with Crippen molar-refractivity contribution < 1.29 is 9.13 Å². The lowest BCUT2D eigenvalue weighted by molar-refractivity contribution is -0.0126. The molecule has 18 heavy (non-hydrogen) atoms. The summed E-state index contributed by atoms with van der Waals surface area (Å²) in [5.74, 6) is -0.433. The smallest absolute Gasteiger partial charge is 0.126 e. The van der Waals surface area contributed by atoms with Crippen molar-refractivity contribution in [3.63, 3.8) is 0 Å². The Labute approximate surface area is 106 Å². The topological polar surface area (TPSA) is 71.1 Å². The quantitative estimate of drug-likeness (QED) is 0.850. The van der Waals surface area contributed by atoms with E-state index in [4.69, 9.17) is 15.7 Å². The van der Waals surface area contributed by atoms with Crippen LogP contribution < -0.4 is 11.1 Å². The number of nitrogens with zero attached hydrogens (tertiary/aromatic N) is 1. The van der Waals surface area contributed by atoms with Crippen LogP contribution in [0.3, 0.4) is 0 Å². The minimum atomic E-state index is -0.433. The summed E-state index contributed by atoms with van der Waals surface area (Å²) in [5.41, 5.74) is 6.75. The minimum Gasteiger partial charge on any atom is -0.378 e. The summed E-state index contributed by atoms with van der Waals surface area (Å²) in [6.45, 7) is 2.55. The Morgan fingerprint density at radius 3 is 2.94 bits per heavy atom. The first kappa shape index (κ1) is 12.8. The van der Waals surface area contributed by atoms with E-state index >= 15 is 0 Å². The van der Waals surface area contributed by atoms with Crippen molar-refractivity contribution in [1.29, 1.82) is 5.26 Å². The Hall–Kier alpha value is -1.64. The lowest BCUT2D eigenvalue weighted by atomic mass is 9.83. The highest BCUT2D eigenvalue weighted by Crippen LogP contribution is 2.27. The Morgan fingerprint density at radius 2 is 2.33 bits per heavy atom. The third-order valence-electron chi connectivity index (χ3n) is 3.11. The largest absolute Gasteiger partial charge is 0.378 e. The minimum absolute atomic E-state index is 0.00430. The Morgan fingerprint density at radius 1 is 1.56 bits per heavy atom. The second-order valence-corrected chi connectivity index (χ2v) is 4.40. The zero-order chi connectivity index (χ0) is 13.1. The predicted octanol–water partition coefficient (Wildman–Crippen LogP) is 1.61. The number of nitrogens with one attached hydrogen (secondary N) is 1. The van der Waals surface area contributed by atoms with Crippen molar-refractivity contribution in [2.75, 3.05) is 11.9 Å². The van der Waals surface area contributed by atoms with Gasteiger partial charge in [0.05, 0.1) is 23.8 Å². The molecule has 0 spiro atoms. The van der Waals surface area contributed by atoms with E-state index in [0.29, 0.717) is 17.9 Å². The molecule has 1 aliphatic rings. The van der Waals surface area contributed by atoms with Gasteiger partial charge in [-0.25, -0.2) is 4.39 Å². The molecular formula is C13H16FN3O. The number of halogens is 1. The van der Waals surface area contributed by atoms with Crippen molar-refractivity contribution >= 4 is 5.69 Å². The van der Waals surface area contributed by atoms with Crippen LogP contribution in [0, 0.1) is 17.1 Å². The van der Waals surface area contributed by atoms with Gasteiger partial charge >= 0.3 is 0 Å². The highest BCUT2D eigenvalue weighted by atomic mass is 19.1. The second-order valence-electron chi connectivity index (χ2n) is 4.40. The van der Waals surface area contributed by atoms with Crippen molar-refractivity contribution in [3.8, 4) is 6.07 Å². The monoisotopic (exact) mass is 249 g/mol. The Bertz CT molecular complexity index is 470. The number of anilines is 1. The molecule has 3 N–H and O–H groups in total. The van der Waals surface area contributed by atoms with Gasteiger partial charge in [-0.05, 0) is 31.5 Å². The maximum Gasteiger partial charge on any atom is 0.126 e. The van der Waals surface area contributed by atoms with Gasteiger partial charge < -0.3 is 15.8 Å². The first-order chi connectivity index (χ1) is 8.63. The van der Waals surface area contributed by atoms with Crippen molar-refractivity contribution in [2.24, 2.45) is 5.73 Å². The van der Waals surface area contributed by atoms with Gasteiger partial charge in [-0.3, -0.25) is 0 Å². The number of nitriles is 1. The molecular weight excluding hydrogens is 233 g/mol. The van der Waals surface area contributed by atoms with Gasteiger partial charge in [0.25, 0.3) is 0 Å². The normalized spacial score (nSPS) is 26.2. The van der Waals surface area contributed by atoms with Gasteiger partial charge in [0.2, 0.25) is 0 Å². The summed E-state index contributed by atoms with van der Waals surface area (Å²) >= 11 is 0. The number of ether oxygens (including phenoxy) is 1. The van der Waals surface area contributed by atoms with Crippen LogP contribution in [0.15, 0.2) is 18.2 Å². The van der Waals surface area contributed by atoms with Crippen molar-refractivity contribution in [3.05, 3.63) is 29.6 Å². The molecule has 3 unspecified atom stereocenters. The molecule has 1 aromatic rings. The fraction of sp³-hybridized carbons (Fsp3) is 0.462. The second kappa shape index (κ2) is 5.34. The zero-order valence-electron chi connectivity index (χ0n) is 10.2. The molecule has 0 aliphatic heterocycles. The molecule has 1 fully saturated rings. The lowest BCUT2D eigenvalue weighted by Crippen LogP contribution is -2.60. The summed E-state index contributed by atoms with van der Waals surface area (Å²) < 4.78 is 18.8. The molecule has 1 aromatic carbocycles. The first-order valence-electron chi connectivity index (χ1n) is 5.98. The number of rotatable bonds is 4. The summed E-state index contributed by atoms with van der Waals surface area (Å²) in [7, 11) is 0. The van der Waals surface area contributed by atoms with E-state index in [9.17, 15) is 4.39 Å². The third-order valence-corrected chi connectivity index (χ3v) is 3.11. The van der Waals surface area contributed by atoms with Crippen LogP contribution in [0.25, 0.3) is 0 Å². The van der Waals surface area contributed by atoms with Crippen LogP contribution >= 0.6 is 0 Å². The van der Waals surface area contributed by atoms with Gasteiger partial charge in [-0.2, -0.15) is 5.26 Å². The van der Waals surface area contributed by atoms with E-state index in [-0.39, 0.29) is 18.2 Å². The van der Waals surface area contributed by atoms with Crippen LogP contribution in [0.4, 0.5) is 10.1 Å². The van der Waals surface area contributed by atoms with Crippen LogP contribution in [-0.2, 0) is 4.74 Å². The van der Waals surface area contributed by atoms with E-state index in [0.717, 1.165) is 6.42 Å². The molecule has 0 aromatic heterocycles. The van der Waals surface area contributed by atoms with Crippen LogP contribution in [0.5, 0.6) is 0 Å². The summed E-state index contributed by atoms with van der Waals surface area (Å²) in [5, 5.41) is 11.9. The standard InChI is InChI=1S/C13H16FN3O/c1-2-18-12-6-11(16)13(12)17-10-4-8(7-15)3-9(14)5-10/h3-5,11-13,17H,2,6,16H2,1H3. The van der Waals surface area contributed by atoms with Gasteiger partial charge in [0.15, 0.2) is 0 Å². The molecule has 0 heterocycles. The maximum atomic E-state index is 13.3. The summed E-state index contributed by atoms with van der Waals surface area (Å²) in [4.78, 5) is 0. The Balaban J connectivity index is 2.09. The van der Waals surface area contributed by atoms with Gasteiger partial charge in [0.1, 0.15) is 5.82 Å². The number of benzene rings is 1. The van der Waals surface area contributed by atoms with Crippen LogP contribution in [0.1, 0.15) is 18.9 Å². The SMILES string of the molecule is CCOC1CC(N)C1Nc1cc(F)cc(C#N)c1. The Kier molecular flexibility index (Phi) is 3.80. The summed E-state index contributed by atoms with van der Waals surface area (Å²) in [6, 6.07) is 6.05. The van der Waals surface area contributed by atoms with Gasteiger partial charge in [-0.15, -0.1) is 0 Å². The zero-order valence-corrected chi connectivity index (χ0v) is 10.2. The number of hydrogen-bond acceptors (Lipinski definition) is 4. The summed E-state index contributed by atoms with van der Waals surface area (Å²) in [6.07, 6.45) is 0.852. The van der Waals surface area contributed by atoms with Gasteiger partial charge in [-0.1, -0.05) is 0 Å². The molecule has 1 saturated carbocycles. The van der Waals surface area contributed by atoms with Crippen LogP contribution in [0.2, 0.25) is 0 Å². The number of nitrogens with two attached hydrogens (primary N) is 1. The fourth-order valence-electron chi connectivity index (χ4n) is 2.16. The fourth-order valence-corrected chi connectivity index (χ4v) is 2.16. The highest BCUT2D eigenvalue weighted by Gasteiger charge is 2.39. The van der Waals surface area contributed by atoms with E-state index in [1.165, 1.54) is 12.1 Å². The van der Waals surface area contributed by atoms with E-state index in [2.05, 4.69) is 5.32 Å². The highest BCUT2D eigenvalue weighted by molar-refractivity contribution is 5.51. The lowest BCUT2D eigenvalue weighted by Gasteiger charge is -2.43. The molecule has 0 bridgehead atoms. The average Bonchev–Trinajstić information content (AvgIpc) is 2.35. The third kappa shape index (κ3) is 2.61. The van der Waals surface area contributed by atoms with E-state index in [1.807, 2.05) is 13.0 Å². The molecule has 4 nitrogen and oxygen atoms in total. The van der Waals surface area contributed by atoms with E-state index in [1.54, 1.807) is 6.07 Å². The van der Waals surface area contributed by atoms with Crippen molar-refractivity contribution in [2.45, 2.75) is 31.5 Å². The maximum absolute atomic E-state index is 13.3. The average molecular weight is 249 g/mol. The molecule has 0 saturated heterocycles. The molecule has 5 heteroatoms. The van der Waals surface area contributed by atoms with Crippen molar-refractivity contribution in [1.82, 2.24) is 0 Å². The molecule has 0 amide bonds. The van der Waals surface area contributed by atoms with E-state index < -0.39 is 5.82 Å².